The molecule has 2 fully saturated rings. The summed E-state index contributed by atoms with van der Waals surface area (Å²) in [7, 11) is 1.58. The number of methoxy groups -OCH3 is 1. The highest BCUT2D eigenvalue weighted by atomic mass is 35.5. The SMILES string of the molecule is COc1cc(C(=O)NCC2(N3CCOCC3)CCSC2)ccc1OCc1ccc(Cl)cc1. The predicted octanol–water partition coefficient (Wildman–Crippen LogP) is 3.87. The Morgan fingerprint density at radius 1 is 1.19 bits per heavy atom. The zero-order valence-corrected chi connectivity index (χ0v) is 19.8. The lowest BCUT2D eigenvalue weighted by Gasteiger charge is -2.43. The normalized spacial score (nSPS) is 21.3. The third kappa shape index (κ3) is 5.52. The van der Waals surface area contributed by atoms with Crippen molar-refractivity contribution >= 4 is 29.3 Å². The third-order valence-electron chi connectivity index (χ3n) is 6.08. The van der Waals surface area contributed by atoms with Crippen molar-refractivity contribution in [2.45, 2.75) is 18.6 Å². The zero-order chi connectivity index (χ0) is 22.4. The van der Waals surface area contributed by atoms with Crippen LogP contribution in [-0.2, 0) is 11.3 Å². The van der Waals surface area contributed by atoms with Gasteiger partial charge in [-0.25, -0.2) is 0 Å². The summed E-state index contributed by atoms with van der Waals surface area (Å²) in [5, 5.41) is 3.86. The lowest BCUT2D eigenvalue weighted by Crippen LogP contribution is -2.59. The van der Waals surface area contributed by atoms with Gasteiger partial charge in [0.1, 0.15) is 6.61 Å². The molecule has 1 unspecified atom stereocenters. The molecule has 2 aromatic rings. The maximum absolute atomic E-state index is 12.9. The summed E-state index contributed by atoms with van der Waals surface area (Å²) in [4.78, 5) is 15.4. The van der Waals surface area contributed by atoms with E-state index in [-0.39, 0.29) is 11.4 Å². The first-order valence-corrected chi connectivity index (χ1v) is 12.4. The Labute approximate surface area is 198 Å². The lowest BCUT2D eigenvalue weighted by atomic mass is 9.95. The van der Waals surface area contributed by atoms with Gasteiger partial charge in [-0.15, -0.1) is 0 Å². The molecule has 6 nitrogen and oxygen atoms in total. The number of rotatable bonds is 8. The van der Waals surface area contributed by atoms with Crippen LogP contribution in [0.25, 0.3) is 0 Å². The van der Waals surface area contributed by atoms with Crippen molar-refractivity contribution in [1.29, 1.82) is 0 Å². The molecule has 172 valence electrons. The summed E-state index contributed by atoms with van der Waals surface area (Å²) in [6.07, 6.45) is 1.08. The van der Waals surface area contributed by atoms with E-state index < -0.39 is 0 Å². The van der Waals surface area contributed by atoms with Crippen LogP contribution >= 0.6 is 23.4 Å². The summed E-state index contributed by atoms with van der Waals surface area (Å²) in [5.41, 5.74) is 1.57. The number of hydrogen-bond acceptors (Lipinski definition) is 6. The molecule has 2 aromatic carbocycles. The van der Waals surface area contributed by atoms with Crippen LogP contribution in [-0.4, -0.2) is 67.8 Å². The molecule has 0 spiro atoms. The van der Waals surface area contributed by atoms with Gasteiger partial charge in [0.2, 0.25) is 0 Å². The molecule has 1 atom stereocenters. The molecule has 4 rings (SSSR count). The van der Waals surface area contributed by atoms with Crippen LogP contribution < -0.4 is 14.8 Å². The molecule has 2 saturated heterocycles. The topological polar surface area (TPSA) is 60.0 Å². The molecule has 0 aromatic heterocycles. The number of halogens is 1. The quantitative estimate of drug-likeness (QED) is 0.624. The summed E-state index contributed by atoms with van der Waals surface area (Å²) in [6, 6.07) is 12.8. The molecule has 0 bridgehead atoms. The van der Waals surface area contributed by atoms with Gasteiger partial charge in [0.25, 0.3) is 5.91 Å². The van der Waals surface area contributed by atoms with Gasteiger partial charge in [0, 0.05) is 41.5 Å². The molecule has 32 heavy (non-hydrogen) atoms. The van der Waals surface area contributed by atoms with Crippen LogP contribution in [0, 0.1) is 0 Å². The molecule has 1 N–H and O–H groups in total. The van der Waals surface area contributed by atoms with E-state index in [0.717, 1.165) is 49.8 Å². The number of morpholine rings is 1. The Bertz CT molecular complexity index is 913. The van der Waals surface area contributed by atoms with Crippen molar-refractivity contribution in [2.24, 2.45) is 0 Å². The van der Waals surface area contributed by atoms with E-state index in [0.29, 0.717) is 35.2 Å². The summed E-state index contributed by atoms with van der Waals surface area (Å²) < 4.78 is 16.9. The molecular formula is C24H29ClN2O4S. The minimum Gasteiger partial charge on any atom is -0.493 e. The first-order valence-electron chi connectivity index (χ1n) is 10.8. The van der Waals surface area contributed by atoms with E-state index >= 15 is 0 Å². The van der Waals surface area contributed by atoms with E-state index in [4.69, 9.17) is 25.8 Å². The monoisotopic (exact) mass is 476 g/mol. The molecule has 1 amide bonds. The highest BCUT2D eigenvalue weighted by Gasteiger charge is 2.40. The smallest absolute Gasteiger partial charge is 0.251 e. The van der Waals surface area contributed by atoms with Crippen LogP contribution in [0.4, 0.5) is 0 Å². The highest BCUT2D eigenvalue weighted by molar-refractivity contribution is 7.99. The van der Waals surface area contributed by atoms with Gasteiger partial charge < -0.3 is 19.5 Å². The van der Waals surface area contributed by atoms with Gasteiger partial charge in [-0.05, 0) is 48.1 Å². The largest absolute Gasteiger partial charge is 0.493 e. The van der Waals surface area contributed by atoms with Crippen molar-refractivity contribution in [1.82, 2.24) is 10.2 Å². The molecular weight excluding hydrogens is 448 g/mol. The van der Waals surface area contributed by atoms with Crippen LogP contribution in [0.5, 0.6) is 11.5 Å². The van der Waals surface area contributed by atoms with Crippen LogP contribution in [0.2, 0.25) is 5.02 Å². The molecule has 8 heteroatoms. The van der Waals surface area contributed by atoms with Crippen molar-refractivity contribution in [2.75, 3.05) is 51.5 Å². The van der Waals surface area contributed by atoms with Crippen LogP contribution in [0.1, 0.15) is 22.3 Å². The average Bonchev–Trinajstić information content (AvgIpc) is 3.33. The Hall–Kier alpha value is -1.93. The first kappa shape index (κ1) is 23.2. The van der Waals surface area contributed by atoms with Gasteiger partial charge in [0.15, 0.2) is 11.5 Å². The number of nitrogens with one attached hydrogen (secondary N) is 1. The second-order valence-electron chi connectivity index (χ2n) is 8.09. The zero-order valence-electron chi connectivity index (χ0n) is 18.3. The Kier molecular flexibility index (Phi) is 7.84. The number of thioether (sulfide) groups is 1. The van der Waals surface area contributed by atoms with E-state index in [1.54, 1.807) is 25.3 Å². The Morgan fingerprint density at radius 3 is 2.66 bits per heavy atom. The number of benzene rings is 2. The summed E-state index contributed by atoms with van der Waals surface area (Å²) >= 11 is 7.89. The van der Waals surface area contributed by atoms with Gasteiger partial charge in [0.05, 0.1) is 20.3 Å². The number of nitrogens with zero attached hydrogens (tertiary/aromatic N) is 1. The van der Waals surface area contributed by atoms with E-state index in [1.165, 1.54) is 0 Å². The van der Waals surface area contributed by atoms with E-state index in [2.05, 4.69) is 10.2 Å². The number of carbonyl (C=O) groups excluding carboxylic acids is 1. The predicted molar refractivity (Wildman–Crippen MR) is 128 cm³/mol. The highest BCUT2D eigenvalue weighted by Crippen LogP contribution is 2.34. The number of ether oxygens (including phenoxy) is 3. The first-order chi connectivity index (χ1) is 15.6. The summed E-state index contributed by atoms with van der Waals surface area (Å²) in [5.74, 6) is 3.19. The molecule has 0 aliphatic carbocycles. The average molecular weight is 477 g/mol. The maximum Gasteiger partial charge on any atom is 0.251 e. The van der Waals surface area contributed by atoms with Crippen molar-refractivity contribution in [3.63, 3.8) is 0 Å². The maximum atomic E-state index is 12.9. The van der Waals surface area contributed by atoms with Crippen molar-refractivity contribution < 1.29 is 19.0 Å². The lowest BCUT2D eigenvalue weighted by molar-refractivity contribution is -0.0129. The van der Waals surface area contributed by atoms with Gasteiger partial charge in [-0.2, -0.15) is 11.8 Å². The van der Waals surface area contributed by atoms with Crippen LogP contribution in [0.3, 0.4) is 0 Å². The Balaban J connectivity index is 1.39. The molecule has 2 aliphatic rings. The fourth-order valence-corrected chi connectivity index (χ4v) is 5.76. The number of carbonyl (C=O) groups is 1. The Morgan fingerprint density at radius 2 is 1.97 bits per heavy atom. The fraction of sp³-hybridized carbons (Fsp3) is 0.458. The molecule has 2 aliphatic heterocycles. The van der Waals surface area contributed by atoms with Gasteiger partial charge in [-0.1, -0.05) is 23.7 Å². The minimum atomic E-state index is -0.0999. The van der Waals surface area contributed by atoms with Gasteiger partial charge in [-0.3, -0.25) is 9.69 Å². The minimum absolute atomic E-state index is 0.00975. The standard InChI is InChI=1S/C24H29ClN2O4S/c1-29-22-14-19(4-7-21(22)31-15-18-2-5-20(25)6-3-18)23(28)26-16-24(8-13-32-17-24)27-9-11-30-12-10-27/h2-7,14H,8-13,15-17H2,1H3,(H,26,28). The number of hydrogen-bond donors (Lipinski definition) is 1. The van der Waals surface area contributed by atoms with Crippen molar-refractivity contribution in [3.8, 4) is 11.5 Å². The molecule has 0 radical (unpaired) electrons. The number of amides is 1. The fourth-order valence-electron chi connectivity index (χ4n) is 4.15. The van der Waals surface area contributed by atoms with Gasteiger partial charge >= 0.3 is 0 Å². The summed E-state index contributed by atoms with van der Waals surface area (Å²) in [6.45, 7) is 4.38. The second kappa shape index (κ2) is 10.8. The second-order valence-corrected chi connectivity index (χ2v) is 9.63. The molecule has 0 saturated carbocycles. The van der Waals surface area contributed by atoms with E-state index in [1.807, 2.05) is 36.0 Å². The molecule has 2 heterocycles. The van der Waals surface area contributed by atoms with Crippen LogP contribution in [0.15, 0.2) is 42.5 Å². The third-order valence-corrected chi connectivity index (χ3v) is 7.56. The van der Waals surface area contributed by atoms with E-state index in [9.17, 15) is 4.79 Å². The van der Waals surface area contributed by atoms with Crippen molar-refractivity contribution in [3.05, 3.63) is 58.6 Å².